The Morgan fingerprint density at radius 1 is 1.15 bits per heavy atom. The van der Waals surface area contributed by atoms with Crippen molar-refractivity contribution in [1.29, 1.82) is 0 Å². The molecule has 8 nitrogen and oxygen atoms in total. The molecule has 0 aliphatic carbocycles. The average molecular weight is 370 g/mol. The summed E-state index contributed by atoms with van der Waals surface area (Å²) in [5.41, 5.74) is 2.53. The molecule has 0 saturated carbocycles. The molecule has 0 bridgehead atoms. The van der Waals surface area contributed by atoms with Gasteiger partial charge in [-0.15, -0.1) is 0 Å². The quantitative estimate of drug-likeness (QED) is 0.838. The number of benzene rings is 1. The maximum absolute atomic E-state index is 11.1. The number of ether oxygens (including phenoxy) is 1. The largest absolute Gasteiger partial charge is 0.465 e. The zero-order chi connectivity index (χ0) is 19.2. The fourth-order valence-electron chi connectivity index (χ4n) is 2.97. The molecule has 2 amide bonds. The Morgan fingerprint density at radius 2 is 1.78 bits per heavy atom. The molecule has 27 heavy (non-hydrogen) atoms. The first kappa shape index (κ1) is 18.6. The van der Waals surface area contributed by atoms with Gasteiger partial charge < -0.3 is 20.1 Å². The number of aromatic nitrogens is 2. The van der Waals surface area contributed by atoms with E-state index in [0.29, 0.717) is 31.6 Å². The number of likely N-dealkylation sites (tertiary alicyclic amines) is 1. The summed E-state index contributed by atoms with van der Waals surface area (Å²) in [6, 6.07) is 7.74. The molecular formula is C19H22N4O4. The minimum atomic E-state index is -0.863. The van der Waals surface area contributed by atoms with Crippen LogP contribution < -0.4 is 10.1 Å². The second-order valence-corrected chi connectivity index (χ2v) is 6.54. The zero-order valence-corrected chi connectivity index (χ0v) is 15.1. The Kier molecular flexibility index (Phi) is 5.85. The van der Waals surface area contributed by atoms with Crippen LogP contribution in [-0.2, 0) is 4.79 Å². The molecule has 1 aromatic heterocycles. The van der Waals surface area contributed by atoms with Gasteiger partial charge in [-0.25, -0.2) is 14.8 Å². The van der Waals surface area contributed by atoms with E-state index in [-0.39, 0.29) is 5.91 Å². The SMILES string of the molecule is CC(=O)Nc1ccc(-c2cnc(OCC3CCN(C(=O)O)CC3)nc2)cc1. The molecule has 3 rings (SSSR count). The predicted octanol–water partition coefficient (Wildman–Crippen LogP) is 2.87. The lowest BCUT2D eigenvalue weighted by molar-refractivity contribution is -0.114. The molecule has 2 aromatic rings. The third-order valence-electron chi connectivity index (χ3n) is 4.50. The van der Waals surface area contributed by atoms with Gasteiger partial charge in [-0.2, -0.15) is 0 Å². The van der Waals surface area contributed by atoms with Crippen molar-refractivity contribution in [2.24, 2.45) is 5.92 Å². The van der Waals surface area contributed by atoms with Crippen LogP contribution in [0.4, 0.5) is 10.5 Å². The summed E-state index contributed by atoms with van der Waals surface area (Å²) in [5, 5.41) is 11.7. The summed E-state index contributed by atoms with van der Waals surface area (Å²) in [6.07, 6.45) is 4.10. The van der Waals surface area contributed by atoms with Crippen molar-refractivity contribution in [2.45, 2.75) is 19.8 Å². The second-order valence-electron chi connectivity index (χ2n) is 6.54. The van der Waals surface area contributed by atoms with Gasteiger partial charge in [0, 0.05) is 43.7 Å². The number of hydrogen-bond donors (Lipinski definition) is 2. The Morgan fingerprint density at radius 3 is 2.33 bits per heavy atom. The number of amides is 2. The summed E-state index contributed by atoms with van der Waals surface area (Å²) < 4.78 is 5.66. The molecule has 1 fully saturated rings. The molecule has 0 unspecified atom stereocenters. The van der Waals surface area contributed by atoms with E-state index in [2.05, 4.69) is 15.3 Å². The molecule has 2 heterocycles. The van der Waals surface area contributed by atoms with Crippen molar-refractivity contribution in [3.63, 3.8) is 0 Å². The Labute approximate surface area is 157 Å². The molecule has 1 aromatic carbocycles. The van der Waals surface area contributed by atoms with Crippen molar-refractivity contribution in [3.05, 3.63) is 36.7 Å². The molecule has 1 aliphatic rings. The first-order chi connectivity index (χ1) is 13.0. The van der Waals surface area contributed by atoms with Crippen LogP contribution >= 0.6 is 0 Å². The maximum atomic E-state index is 11.1. The van der Waals surface area contributed by atoms with Gasteiger partial charge in [-0.05, 0) is 36.5 Å². The van der Waals surface area contributed by atoms with E-state index in [1.54, 1.807) is 12.4 Å². The van der Waals surface area contributed by atoms with E-state index in [1.165, 1.54) is 11.8 Å². The fourth-order valence-corrected chi connectivity index (χ4v) is 2.97. The minimum absolute atomic E-state index is 0.110. The van der Waals surface area contributed by atoms with E-state index < -0.39 is 6.09 Å². The molecule has 0 spiro atoms. The highest BCUT2D eigenvalue weighted by Crippen LogP contribution is 2.22. The average Bonchev–Trinajstić information content (AvgIpc) is 2.67. The van der Waals surface area contributed by atoms with Crippen molar-refractivity contribution >= 4 is 17.7 Å². The van der Waals surface area contributed by atoms with Gasteiger partial charge >= 0.3 is 12.1 Å². The molecule has 1 aliphatic heterocycles. The topological polar surface area (TPSA) is 105 Å². The number of rotatable bonds is 5. The molecule has 2 N–H and O–H groups in total. The van der Waals surface area contributed by atoms with Gasteiger partial charge in [0.25, 0.3) is 0 Å². The highest BCUT2D eigenvalue weighted by molar-refractivity contribution is 5.88. The summed E-state index contributed by atoms with van der Waals surface area (Å²) >= 11 is 0. The summed E-state index contributed by atoms with van der Waals surface area (Å²) in [5.74, 6) is 0.200. The third kappa shape index (κ3) is 5.16. The van der Waals surface area contributed by atoms with Gasteiger partial charge in [0.15, 0.2) is 0 Å². The molecular weight excluding hydrogens is 348 g/mol. The monoisotopic (exact) mass is 370 g/mol. The molecule has 8 heteroatoms. The lowest BCUT2D eigenvalue weighted by Gasteiger charge is -2.29. The molecule has 0 atom stereocenters. The van der Waals surface area contributed by atoms with Crippen LogP contribution in [0, 0.1) is 5.92 Å². The number of carboxylic acid groups (broad SMARTS) is 1. The third-order valence-corrected chi connectivity index (χ3v) is 4.50. The summed E-state index contributed by atoms with van der Waals surface area (Å²) in [4.78, 5) is 31.9. The fraction of sp³-hybridized carbons (Fsp3) is 0.368. The van der Waals surface area contributed by atoms with Crippen LogP contribution in [0.15, 0.2) is 36.7 Å². The highest BCUT2D eigenvalue weighted by atomic mass is 16.5. The van der Waals surface area contributed by atoms with E-state index in [4.69, 9.17) is 9.84 Å². The highest BCUT2D eigenvalue weighted by Gasteiger charge is 2.22. The smallest absolute Gasteiger partial charge is 0.407 e. The Hall–Kier alpha value is -3.16. The Balaban J connectivity index is 1.52. The zero-order valence-electron chi connectivity index (χ0n) is 15.1. The number of nitrogens with zero attached hydrogens (tertiary/aromatic N) is 3. The Bertz CT molecular complexity index is 784. The van der Waals surface area contributed by atoms with Gasteiger partial charge in [-0.3, -0.25) is 4.79 Å². The van der Waals surface area contributed by atoms with Gasteiger partial charge in [0.2, 0.25) is 5.91 Å². The molecule has 142 valence electrons. The van der Waals surface area contributed by atoms with Gasteiger partial charge in [0.05, 0.1) is 6.61 Å². The predicted molar refractivity (Wildman–Crippen MR) is 99.6 cm³/mol. The van der Waals surface area contributed by atoms with Crippen LogP contribution in [0.3, 0.4) is 0 Å². The minimum Gasteiger partial charge on any atom is -0.465 e. The van der Waals surface area contributed by atoms with E-state index >= 15 is 0 Å². The van der Waals surface area contributed by atoms with Gasteiger partial charge in [-0.1, -0.05) is 12.1 Å². The maximum Gasteiger partial charge on any atom is 0.407 e. The number of carbonyl (C=O) groups is 2. The first-order valence-electron chi connectivity index (χ1n) is 8.82. The van der Waals surface area contributed by atoms with Crippen LogP contribution in [-0.4, -0.2) is 51.7 Å². The second kappa shape index (κ2) is 8.48. The van der Waals surface area contributed by atoms with Crippen LogP contribution in [0.1, 0.15) is 19.8 Å². The molecule has 0 radical (unpaired) electrons. The summed E-state index contributed by atoms with van der Waals surface area (Å²) in [7, 11) is 0. The van der Waals surface area contributed by atoms with Crippen LogP contribution in [0.2, 0.25) is 0 Å². The number of hydrogen-bond acceptors (Lipinski definition) is 5. The normalized spacial score (nSPS) is 14.6. The van der Waals surface area contributed by atoms with E-state index in [1.807, 2.05) is 24.3 Å². The van der Waals surface area contributed by atoms with Gasteiger partial charge in [0.1, 0.15) is 0 Å². The van der Waals surface area contributed by atoms with Crippen molar-refractivity contribution in [2.75, 3.05) is 25.0 Å². The van der Waals surface area contributed by atoms with Crippen molar-refractivity contribution in [1.82, 2.24) is 14.9 Å². The number of nitrogens with one attached hydrogen (secondary N) is 1. The first-order valence-corrected chi connectivity index (χ1v) is 8.82. The van der Waals surface area contributed by atoms with Crippen LogP contribution in [0.25, 0.3) is 11.1 Å². The number of carbonyl (C=O) groups excluding carboxylic acids is 1. The van der Waals surface area contributed by atoms with E-state index in [0.717, 1.165) is 29.7 Å². The van der Waals surface area contributed by atoms with E-state index in [9.17, 15) is 9.59 Å². The number of anilines is 1. The van der Waals surface area contributed by atoms with Crippen LogP contribution in [0.5, 0.6) is 6.01 Å². The lowest BCUT2D eigenvalue weighted by atomic mass is 9.98. The lowest BCUT2D eigenvalue weighted by Crippen LogP contribution is -2.38. The van der Waals surface area contributed by atoms with Crippen molar-refractivity contribution in [3.8, 4) is 17.1 Å². The molecule has 1 saturated heterocycles. The number of piperidine rings is 1. The standard InChI is InChI=1S/C19H22N4O4/c1-13(24)22-17-4-2-15(3-5-17)16-10-20-18(21-11-16)27-12-14-6-8-23(9-7-14)19(25)26/h2-5,10-11,14H,6-9,12H2,1H3,(H,22,24)(H,25,26). The van der Waals surface area contributed by atoms with Crippen molar-refractivity contribution < 1.29 is 19.4 Å². The summed E-state index contributed by atoms with van der Waals surface area (Å²) in [6.45, 7) is 3.03.